The van der Waals surface area contributed by atoms with Crippen LogP contribution < -0.4 is 0 Å². The van der Waals surface area contributed by atoms with Gasteiger partial charge in [0.15, 0.2) is 16.6 Å². The van der Waals surface area contributed by atoms with Crippen LogP contribution in [-0.4, -0.2) is 31.5 Å². The van der Waals surface area contributed by atoms with Crippen molar-refractivity contribution in [2.24, 2.45) is 10.1 Å². The predicted octanol–water partition coefficient (Wildman–Crippen LogP) is 4.39. The standard InChI is InChI=1S/C20H12ClN5O2S/c21-12-5-7-13(8-6-12)25-9-1-3-14(25)11-15-17(22)26-20(23-18(15)27)29-19(24-26)16-4-2-10-28-16/h1-11,22H/b15-11+,22-17?. The lowest BCUT2D eigenvalue weighted by molar-refractivity contribution is -0.114. The largest absolute Gasteiger partial charge is 0.462 e. The molecule has 1 amide bonds. The maximum absolute atomic E-state index is 12.6. The number of furan rings is 1. The lowest BCUT2D eigenvalue weighted by Crippen LogP contribution is -2.35. The van der Waals surface area contributed by atoms with Gasteiger partial charge in [-0.15, -0.1) is 0 Å². The van der Waals surface area contributed by atoms with Crippen LogP contribution in [0.15, 0.2) is 81.1 Å². The number of aliphatic imine (C=N–C) groups is 1. The summed E-state index contributed by atoms with van der Waals surface area (Å²) >= 11 is 7.17. The van der Waals surface area contributed by atoms with E-state index in [0.29, 0.717) is 21.0 Å². The minimum atomic E-state index is -0.478. The van der Waals surface area contributed by atoms with Crippen molar-refractivity contribution in [3.8, 4) is 5.69 Å². The first-order chi connectivity index (χ1) is 14.1. The Balaban J connectivity index is 1.51. The summed E-state index contributed by atoms with van der Waals surface area (Å²) in [4.78, 5) is 16.7. The summed E-state index contributed by atoms with van der Waals surface area (Å²) < 4.78 is 7.26. The number of hydrogen-bond donors (Lipinski definition) is 1. The predicted molar refractivity (Wildman–Crippen MR) is 114 cm³/mol. The molecule has 2 aromatic heterocycles. The van der Waals surface area contributed by atoms with E-state index >= 15 is 0 Å². The van der Waals surface area contributed by atoms with Crippen LogP contribution in [0.1, 0.15) is 11.5 Å². The number of nitrogens with one attached hydrogen (secondary N) is 1. The third kappa shape index (κ3) is 3.12. The number of fused-ring (bicyclic) bond motifs is 1. The number of hydrogen-bond acceptors (Lipinski definition) is 5. The number of amidine groups is 2. The fourth-order valence-electron chi connectivity index (χ4n) is 2.99. The first-order valence-corrected chi connectivity index (χ1v) is 9.77. The van der Waals surface area contributed by atoms with Gasteiger partial charge < -0.3 is 8.98 Å². The number of rotatable bonds is 3. The Morgan fingerprint density at radius 1 is 1.14 bits per heavy atom. The second-order valence-electron chi connectivity index (χ2n) is 6.18. The van der Waals surface area contributed by atoms with Crippen LogP contribution in [0.2, 0.25) is 5.02 Å². The molecule has 1 aromatic carbocycles. The zero-order valence-corrected chi connectivity index (χ0v) is 16.3. The second kappa shape index (κ2) is 6.91. The average molecular weight is 422 g/mol. The average Bonchev–Trinajstić information content (AvgIpc) is 3.45. The van der Waals surface area contributed by atoms with E-state index < -0.39 is 5.91 Å². The molecule has 0 atom stereocenters. The summed E-state index contributed by atoms with van der Waals surface area (Å²) in [6, 6.07) is 14.6. The van der Waals surface area contributed by atoms with Gasteiger partial charge in [-0.3, -0.25) is 10.2 Å². The Morgan fingerprint density at radius 3 is 2.72 bits per heavy atom. The van der Waals surface area contributed by atoms with Crippen LogP contribution in [0, 0.1) is 5.41 Å². The molecule has 0 saturated carbocycles. The van der Waals surface area contributed by atoms with Gasteiger partial charge in [-0.25, -0.2) is 0 Å². The molecule has 0 fully saturated rings. The monoisotopic (exact) mass is 421 g/mol. The van der Waals surface area contributed by atoms with E-state index in [4.69, 9.17) is 21.4 Å². The van der Waals surface area contributed by atoms with Crippen molar-refractivity contribution in [3.05, 3.63) is 83.0 Å². The molecule has 4 heterocycles. The first kappa shape index (κ1) is 17.7. The minimum absolute atomic E-state index is 0.0297. The normalized spacial score (nSPS) is 17.6. The number of benzene rings is 1. The van der Waals surface area contributed by atoms with E-state index in [1.54, 1.807) is 36.6 Å². The summed E-state index contributed by atoms with van der Waals surface area (Å²) in [6.07, 6.45) is 5.06. The molecule has 29 heavy (non-hydrogen) atoms. The van der Waals surface area contributed by atoms with Crippen LogP contribution in [0.5, 0.6) is 0 Å². The van der Waals surface area contributed by atoms with Gasteiger partial charge >= 0.3 is 0 Å². The first-order valence-electron chi connectivity index (χ1n) is 8.57. The van der Waals surface area contributed by atoms with Crippen LogP contribution in [0.3, 0.4) is 0 Å². The molecule has 0 bridgehead atoms. The van der Waals surface area contributed by atoms with Crippen molar-refractivity contribution < 1.29 is 9.21 Å². The molecule has 1 N–H and O–H groups in total. The maximum Gasteiger partial charge on any atom is 0.283 e. The van der Waals surface area contributed by atoms with Gasteiger partial charge in [0.25, 0.3) is 5.91 Å². The quantitative estimate of drug-likeness (QED) is 0.635. The summed E-state index contributed by atoms with van der Waals surface area (Å²) in [7, 11) is 0. The summed E-state index contributed by atoms with van der Waals surface area (Å²) in [5.74, 6) is 0.0564. The van der Waals surface area contributed by atoms with Crippen LogP contribution in [0.4, 0.5) is 0 Å². The highest BCUT2D eigenvalue weighted by Crippen LogP contribution is 2.31. The smallest absolute Gasteiger partial charge is 0.283 e. The highest BCUT2D eigenvalue weighted by Gasteiger charge is 2.36. The third-order valence-electron chi connectivity index (χ3n) is 4.36. The van der Waals surface area contributed by atoms with Crippen LogP contribution in [0.25, 0.3) is 11.8 Å². The Kier molecular flexibility index (Phi) is 4.22. The number of amides is 1. The Hall–Kier alpha value is -3.36. The van der Waals surface area contributed by atoms with Crippen molar-refractivity contribution in [1.29, 1.82) is 5.41 Å². The van der Waals surface area contributed by atoms with E-state index in [0.717, 1.165) is 11.4 Å². The zero-order chi connectivity index (χ0) is 20.0. The lowest BCUT2D eigenvalue weighted by atomic mass is 10.1. The Bertz CT molecular complexity index is 1220. The van der Waals surface area contributed by atoms with E-state index in [2.05, 4.69) is 10.1 Å². The number of nitrogens with zero attached hydrogens (tertiary/aromatic N) is 4. The van der Waals surface area contributed by atoms with Gasteiger partial charge in [0.1, 0.15) is 0 Å². The van der Waals surface area contributed by atoms with Crippen molar-refractivity contribution >= 4 is 51.4 Å². The summed E-state index contributed by atoms with van der Waals surface area (Å²) in [5, 5.41) is 15.8. The molecule has 3 aromatic rings. The number of aromatic nitrogens is 1. The second-order valence-corrected chi connectivity index (χ2v) is 7.57. The van der Waals surface area contributed by atoms with Gasteiger partial charge in [-0.2, -0.15) is 15.1 Å². The van der Waals surface area contributed by atoms with Gasteiger partial charge in [-0.05, 0) is 66.4 Å². The molecule has 0 unspecified atom stereocenters. The Labute approximate surface area is 174 Å². The minimum Gasteiger partial charge on any atom is -0.462 e. The van der Waals surface area contributed by atoms with Gasteiger partial charge in [0, 0.05) is 22.6 Å². The number of hydrazone groups is 1. The van der Waals surface area contributed by atoms with Gasteiger partial charge in [0.05, 0.1) is 11.8 Å². The molecule has 2 aliphatic heterocycles. The molecule has 5 rings (SSSR count). The molecule has 9 heteroatoms. The molecule has 142 valence electrons. The number of carbonyl (C=O) groups is 1. The van der Waals surface area contributed by atoms with E-state index in [-0.39, 0.29) is 11.4 Å². The molecule has 0 saturated heterocycles. The number of halogens is 1. The fraction of sp³-hybridized carbons (Fsp3) is 0. The highest BCUT2D eigenvalue weighted by molar-refractivity contribution is 8.27. The molecular formula is C20H12ClN5O2S. The molecule has 0 radical (unpaired) electrons. The molecule has 2 aliphatic rings. The Morgan fingerprint density at radius 2 is 1.97 bits per heavy atom. The topological polar surface area (TPSA) is 86.9 Å². The highest BCUT2D eigenvalue weighted by atomic mass is 35.5. The molecule has 0 spiro atoms. The summed E-state index contributed by atoms with van der Waals surface area (Å²) in [5.41, 5.74) is 1.79. The number of thioether (sulfide) groups is 1. The fourth-order valence-corrected chi connectivity index (χ4v) is 3.97. The van der Waals surface area contributed by atoms with Crippen LogP contribution in [-0.2, 0) is 4.79 Å². The van der Waals surface area contributed by atoms with Gasteiger partial charge in [0.2, 0.25) is 5.17 Å². The van der Waals surface area contributed by atoms with E-state index in [9.17, 15) is 4.79 Å². The molecular weight excluding hydrogens is 410 g/mol. The lowest BCUT2D eigenvalue weighted by Gasteiger charge is -2.20. The van der Waals surface area contributed by atoms with E-state index in [1.165, 1.54) is 16.8 Å². The zero-order valence-electron chi connectivity index (χ0n) is 14.7. The van der Waals surface area contributed by atoms with E-state index in [1.807, 2.05) is 35.0 Å². The maximum atomic E-state index is 12.6. The number of carbonyl (C=O) groups excluding carboxylic acids is 1. The van der Waals surface area contributed by atoms with Gasteiger partial charge in [-0.1, -0.05) is 11.6 Å². The van der Waals surface area contributed by atoms with Crippen molar-refractivity contribution in [2.75, 3.05) is 0 Å². The molecule has 7 nitrogen and oxygen atoms in total. The van der Waals surface area contributed by atoms with Crippen molar-refractivity contribution in [3.63, 3.8) is 0 Å². The van der Waals surface area contributed by atoms with Crippen molar-refractivity contribution in [1.82, 2.24) is 9.58 Å². The molecule has 0 aliphatic carbocycles. The summed E-state index contributed by atoms with van der Waals surface area (Å²) in [6.45, 7) is 0. The van der Waals surface area contributed by atoms with Crippen LogP contribution >= 0.6 is 23.4 Å². The third-order valence-corrected chi connectivity index (χ3v) is 5.54. The van der Waals surface area contributed by atoms with Crippen molar-refractivity contribution in [2.45, 2.75) is 0 Å². The SMILES string of the molecule is N=C1/C(=C\c2cccn2-c2ccc(Cl)cc2)C(=O)N=C2SC(c3ccco3)=NN12.